The third kappa shape index (κ3) is 3.26. The molecule has 6 nitrogen and oxygen atoms in total. The van der Waals surface area contributed by atoms with Gasteiger partial charge in [-0.05, 0) is 51.8 Å². The molecule has 2 rings (SSSR count). The first-order valence-corrected chi connectivity index (χ1v) is 7.35. The van der Waals surface area contributed by atoms with Gasteiger partial charge in [-0.2, -0.15) is 0 Å². The number of nitrogens with two attached hydrogens (primary N) is 1. The third-order valence-corrected chi connectivity index (χ3v) is 4.24. The standard InChI is InChI=1S/C15H24BN3O3/c1-14(2)15(3,4)22-16(21-14)11(9-18-5)6-10-7-12(17)13(20)19-8-10/h6-8,18H,9,17H2,1-5H3,(H,19,20). The van der Waals surface area contributed by atoms with Crippen LogP contribution in [0.15, 0.2) is 22.5 Å². The maximum absolute atomic E-state index is 11.3. The Morgan fingerprint density at radius 2 is 1.95 bits per heavy atom. The molecule has 1 saturated heterocycles. The summed E-state index contributed by atoms with van der Waals surface area (Å²) < 4.78 is 12.1. The molecule has 4 N–H and O–H groups in total. The fraction of sp³-hybridized carbons (Fsp3) is 0.533. The van der Waals surface area contributed by atoms with E-state index < -0.39 is 18.3 Å². The summed E-state index contributed by atoms with van der Waals surface area (Å²) in [6.45, 7) is 8.67. The summed E-state index contributed by atoms with van der Waals surface area (Å²) in [6, 6.07) is 1.64. The zero-order valence-corrected chi connectivity index (χ0v) is 13.8. The number of anilines is 1. The van der Waals surface area contributed by atoms with Gasteiger partial charge in [0.25, 0.3) is 5.56 Å². The number of hydrogen-bond donors (Lipinski definition) is 3. The second kappa shape index (κ2) is 5.91. The minimum Gasteiger partial charge on any atom is -0.400 e. The molecule has 0 atom stereocenters. The number of aromatic nitrogens is 1. The van der Waals surface area contributed by atoms with Gasteiger partial charge in [0.05, 0.1) is 16.9 Å². The number of aromatic amines is 1. The van der Waals surface area contributed by atoms with Crippen molar-refractivity contribution in [2.24, 2.45) is 0 Å². The van der Waals surface area contributed by atoms with Gasteiger partial charge in [0.15, 0.2) is 0 Å². The van der Waals surface area contributed by atoms with Crippen LogP contribution in [0.4, 0.5) is 5.69 Å². The molecule has 0 bridgehead atoms. The highest BCUT2D eigenvalue weighted by molar-refractivity contribution is 6.55. The summed E-state index contributed by atoms with van der Waals surface area (Å²) in [7, 11) is 1.42. The molecule has 1 aromatic heterocycles. The summed E-state index contributed by atoms with van der Waals surface area (Å²) in [5.41, 5.74) is 6.51. The lowest BCUT2D eigenvalue weighted by atomic mass is 9.77. The Morgan fingerprint density at radius 1 is 1.36 bits per heavy atom. The largest absolute Gasteiger partial charge is 0.491 e. The van der Waals surface area contributed by atoms with Crippen molar-refractivity contribution in [3.05, 3.63) is 33.7 Å². The topological polar surface area (TPSA) is 89.4 Å². The van der Waals surface area contributed by atoms with Gasteiger partial charge in [-0.1, -0.05) is 6.08 Å². The van der Waals surface area contributed by atoms with Gasteiger partial charge in [0, 0.05) is 12.7 Å². The van der Waals surface area contributed by atoms with Gasteiger partial charge in [0.1, 0.15) is 0 Å². The van der Waals surface area contributed by atoms with E-state index in [4.69, 9.17) is 15.0 Å². The molecule has 1 fully saturated rings. The Kier molecular flexibility index (Phi) is 4.51. The maximum Gasteiger partial charge on any atom is 0.491 e. The molecule has 0 saturated carbocycles. The van der Waals surface area contributed by atoms with Crippen LogP contribution < -0.4 is 16.6 Å². The molecule has 120 valence electrons. The van der Waals surface area contributed by atoms with E-state index in [1.807, 2.05) is 40.8 Å². The van der Waals surface area contributed by atoms with Crippen LogP contribution in [0.3, 0.4) is 0 Å². The highest BCUT2D eigenvalue weighted by atomic mass is 16.7. The van der Waals surface area contributed by atoms with E-state index in [1.54, 1.807) is 12.3 Å². The Balaban J connectivity index is 2.33. The molecule has 0 aliphatic carbocycles. The average molecular weight is 305 g/mol. The highest BCUT2D eigenvalue weighted by Gasteiger charge is 2.52. The summed E-state index contributed by atoms with van der Waals surface area (Å²) in [5.74, 6) is 0. The molecule has 2 heterocycles. The van der Waals surface area contributed by atoms with Crippen molar-refractivity contribution in [2.75, 3.05) is 19.3 Å². The van der Waals surface area contributed by atoms with Crippen molar-refractivity contribution in [1.29, 1.82) is 0 Å². The quantitative estimate of drug-likeness (QED) is 0.727. The minimum atomic E-state index is -0.439. The molecular formula is C15H24BN3O3. The Bertz CT molecular complexity index is 621. The van der Waals surface area contributed by atoms with E-state index >= 15 is 0 Å². The molecule has 0 radical (unpaired) electrons. The Hall–Kier alpha value is -1.57. The number of H-pyrrole nitrogens is 1. The van der Waals surface area contributed by atoms with Crippen molar-refractivity contribution >= 4 is 18.9 Å². The first-order chi connectivity index (χ1) is 10.2. The van der Waals surface area contributed by atoms with Gasteiger partial charge >= 0.3 is 7.12 Å². The zero-order chi connectivity index (χ0) is 16.5. The summed E-state index contributed by atoms with van der Waals surface area (Å²) in [4.78, 5) is 14.0. The number of nitrogen functional groups attached to an aromatic ring is 1. The molecule has 0 unspecified atom stereocenters. The van der Waals surface area contributed by atoms with Gasteiger partial charge in [0.2, 0.25) is 0 Å². The second-order valence-corrected chi connectivity index (χ2v) is 6.56. The second-order valence-electron chi connectivity index (χ2n) is 6.56. The van der Waals surface area contributed by atoms with Crippen LogP contribution in [0.5, 0.6) is 0 Å². The normalized spacial score (nSPS) is 20.4. The van der Waals surface area contributed by atoms with Crippen LogP contribution in [0.25, 0.3) is 6.08 Å². The van der Waals surface area contributed by atoms with E-state index in [2.05, 4.69) is 10.3 Å². The number of hydrogen-bond acceptors (Lipinski definition) is 5. The molecule has 1 aliphatic heterocycles. The van der Waals surface area contributed by atoms with Crippen LogP contribution in [0, 0.1) is 0 Å². The Labute approximate surface area is 131 Å². The molecular weight excluding hydrogens is 281 g/mol. The smallest absolute Gasteiger partial charge is 0.400 e. The minimum absolute atomic E-state index is 0.187. The molecule has 7 heteroatoms. The molecule has 0 aromatic carbocycles. The van der Waals surface area contributed by atoms with E-state index in [0.29, 0.717) is 6.54 Å². The predicted octanol–water partition coefficient (Wildman–Crippen LogP) is 1.19. The monoisotopic (exact) mass is 305 g/mol. The maximum atomic E-state index is 11.3. The van der Waals surface area contributed by atoms with Gasteiger partial charge < -0.3 is 25.3 Å². The van der Waals surface area contributed by atoms with Crippen LogP contribution in [0.1, 0.15) is 33.3 Å². The first kappa shape index (κ1) is 16.8. The molecule has 22 heavy (non-hydrogen) atoms. The van der Waals surface area contributed by atoms with Crippen molar-refractivity contribution in [1.82, 2.24) is 10.3 Å². The van der Waals surface area contributed by atoms with E-state index in [9.17, 15) is 4.79 Å². The third-order valence-electron chi connectivity index (χ3n) is 4.24. The lowest BCUT2D eigenvalue weighted by Crippen LogP contribution is -2.41. The summed E-state index contributed by atoms with van der Waals surface area (Å²) in [5, 5.41) is 3.11. The van der Waals surface area contributed by atoms with Crippen LogP contribution in [-0.2, 0) is 9.31 Å². The lowest BCUT2D eigenvalue weighted by molar-refractivity contribution is 0.00578. The number of pyridine rings is 1. The Morgan fingerprint density at radius 3 is 2.45 bits per heavy atom. The SMILES string of the molecule is CNCC(=Cc1c[nH]c(=O)c(N)c1)B1OC(C)(C)C(C)(C)O1. The van der Waals surface area contributed by atoms with Crippen LogP contribution >= 0.6 is 0 Å². The van der Waals surface area contributed by atoms with Gasteiger partial charge in [-0.3, -0.25) is 4.79 Å². The first-order valence-electron chi connectivity index (χ1n) is 7.35. The highest BCUT2D eigenvalue weighted by Crippen LogP contribution is 2.38. The number of rotatable bonds is 4. The van der Waals surface area contributed by atoms with Crippen molar-refractivity contribution in [3.63, 3.8) is 0 Å². The fourth-order valence-electron chi connectivity index (χ4n) is 2.22. The fourth-order valence-corrected chi connectivity index (χ4v) is 2.22. The molecule has 0 amide bonds. The van der Waals surface area contributed by atoms with Crippen molar-refractivity contribution < 1.29 is 9.31 Å². The molecule has 1 aromatic rings. The number of nitrogens with one attached hydrogen (secondary N) is 2. The van der Waals surface area contributed by atoms with Crippen molar-refractivity contribution in [3.8, 4) is 0 Å². The zero-order valence-electron chi connectivity index (χ0n) is 13.8. The van der Waals surface area contributed by atoms with Crippen LogP contribution in [-0.4, -0.2) is 36.9 Å². The molecule has 1 aliphatic rings. The van der Waals surface area contributed by atoms with Crippen molar-refractivity contribution in [2.45, 2.75) is 38.9 Å². The van der Waals surface area contributed by atoms with Gasteiger partial charge in [-0.25, -0.2) is 0 Å². The van der Waals surface area contributed by atoms with E-state index in [1.165, 1.54) is 0 Å². The lowest BCUT2D eigenvalue weighted by Gasteiger charge is -2.32. The summed E-state index contributed by atoms with van der Waals surface area (Å²) >= 11 is 0. The number of likely N-dealkylation sites (N-methyl/N-ethyl adjacent to an activating group) is 1. The van der Waals surface area contributed by atoms with Gasteiger partial charge in [-0.15, -0.1) is 0 Å². The average Bonchev–Trinajstić information content (AvgIpc) is 2.62. The van der Waals surface area contributed by atoms with E-state index in [0.717, 1.165) is 11.0 Å². The molecule has 0 spiro atoms. The predicted molar refractivity (Wildman–Crippen MR) is 89.5 cm³/mol. The van der Waals surface area contributed by atoms with Crippen LogP contribution in [0.2, 0.25) is 0 Å². The van der Waals surface area contributed by atoms with E-state index in [-0.39, 0.29) is 11.2 Å². The summed E-state index contributed by atoms with van der Waals surface area (Å²) in [6.07, 6.45) is 3.55.